The van der Waals surface area contributed by atoms with E-state index in [9.17, 15) is 18.0 Å². The lowest BCUT2D eigenvalue weighted by Crippen LogP contribution is -2.23. The normalized spacial score (nSPS) is 11.0. The summed E-state index contributed by atoms with van der Waals surface area (Å²) >= 11 is 0. The molecule has 2 rings (SSSR count). The van der Waals surface area contributed by atoms with Crippen molar-refractivity contribution in [3.05, 3.63) is 71.3 Å². The smallest absolute Gasteiger partial charge is 0.416 e. The number of carbonyl (C=O) groups excluding carboxylic acids is 1. The van der Waals surface area contributed by atoms with E-state index in [1.807, 2.05) is 30.3 Å². The molecule has 0 aliphatic heterocycles. The third kappa shape index (κ3) is 4.80. The fourth-order valence-electron chi connectivity index (χ4n) is 1.76. The van der Waals surface area contributed by atoms with Gasteiger partial charge in [-0.25, -0.2) is 4.79 Å². The standard InChI is InChI=1S/C16H14F3NO2/c17-16(18,19)14-8-6-13(7-9-14)11-22-15(21)20-10-12-4-2-1-3-5-12/h1-9H,10-11H2,(H,20,21). The lowest BCUT2D eigenvalue weighted by Gasteiger charge is -2.09. The summed E-state index contributed by atoms with van der Waals surface area (Å²) in [5, 5.41) is 2.56. The van der Waals surface area contributed by atoms with Crippen molar-refractivity contribution in [2.24, 2.45) is 0 Å². The Kier molecular flexibility index (Phi) is 5.04. The summed E-state index contributed by atoms with van der Waals surface area (Å²) in [5.74, 6) is 0. The van der Waals surface area contributed by atoms with Crippen molar-refractivity contribution in [3.63, 3.8) is 0 Å². The molecule has 0 heterocycles. The minimum Gasteiger partial charge on any atom is -0.445 e. The highest BCUT2D eigenvalue weighted by atomic mass is 19.4. The fraction of sp³-hybridized carbons (Fsp3) is 0.188. The van der Waals surface area contributed by atoms with Gasteiger partial charge in [0, 0.05) is 6.54 Å². The second-order valence-electron chi connectivity index (χ2n) is 4.61. The fourth-order valence-corrected chi connectivity index (χ4v) is 1.76. The number of hydrogen-bond donors (Lipinski definition) is 1. The second kappa shape index (κ2) is 6.98. The van der Waals surface area contributed by atoms with E-state index in [1.165, 1.54) is 12.1 Å². The molecule has 116 valence electrons. The third-order valence-corrected chi connectivity index (χ3v) is 2.93. The Hall–Kier alpha value is -2.50. The first-order valence-electron chi connectivity index (χ1n) is 6.56. The van der Waals surface area contributed by atoms with Crippen molar-refractivity contribution < 1.29 is 22.7 Å². The van der Waals surface area contributed by atoms with Gasteiger partial charge in [-0.15, -0.1) is 0 Å². The van der Waals surface area contributed by atoms with E-state index in [4.69, 9.17) is 4.74 Å². The van der Waals surface area contributed by atoms with Gasteiger partial charge in [-0.2, -0.15) is 13.2 Å². The third-order valence-electron chi connectivity index (χ3n) is 2.93. The molecule has 0 aromatic heterocycles. The van der Waals surface area contributed by atoms with E-state index in [-0.39, 0.29) is 6.61 Å². The second-order valence-corrected chi connectivity index (χ2v) is 4.61. The van der Waals surface area contributed by atoms with Crippen LogP contribution in [0.25, 0.3) is 0 Å². The largest absolute Gasteiger partial charge is 0.445 e. The number of alkyl carbamates (subject to hydrolysis) is 1. The van der Waals surface area contributed by atoms with Crippen LogP contribution in [0.1, 0.15) is 16.7 Å². The first-order valence-corrected chi connectivity index (χ1v) is 6.56. The highest BCUT2D eigenvalue weighted by Gasteiger charge is 2.29. The first-order chi connectivity index (χ1) is 10.4. The van der Waals surface area contributed by atoms with Crippen LogP contribution in [0.5, 0.6) is 0 Å². The van der Waals surface area contributed by atoms with Crippen molar-refractivity contribution in [1.82, 2.24) is 5.32 Å². The average Bonchev–Trinajstić information content (AvgIpc) is 2.51. The lowest BCUT2D eigenvalue weighted by atomic mass is 10.1. The molecule has 2 aromatic rings. The van der Waals surface area contributed by atoms with Gasteiger partial charge in [0.15, 0.2) is 0 Å². The summed E-state index contributed by atoms with van der Waals surface area (Å²) in [6, 6.07) is 13.8. The first kappa shape index (κ1) is 15.9. The van der Waals surface area contributed by atoms with Crippen LogP contribution in [0.3, 0.4) is 0 Å². The van der Waals surface area contributed by atoms with Crippen molar-refractivity contribution in [3.8, 4) is 0 Å². The number of alkyl halides is 3. The van der Waals surface area contributed by atoms with Crippen LogP contribution >= 0.6 is 0 Å². The monoisotopic (exact) mass is 309 g/mol. The van der Waals surface area contributed by atoms with Gasteiger partial charge in [0.05, 0.1) is 5.56 Å². The number of benzene rings is 2. The average molecular weight is 309 g/mol. The molecule has 3 nitrogen and oxygen atoms in total. The molecular formula is C16H14F3NO2. The summed E-state index contributed by atoms with van der Waals surface area (Å²) in [6.07, 6.45) is -4.99. The van der Waals surface area contributed by atoms with Crippen LogP contribution in [0.2, 0.25) is 0 Å². The maximum absolute atomic E-state index is 12.4. The van der Waals surface area contributed by atoms with Crippen molar-refractivity contribution in [1.29, 1.82) is 0 Å². The van der Waals surface area contributed by atoms with E-state index < -0.39 is 17.8 Å². The van der Waals surface area contributed by atoms with Gasteiger partial charge >= 0.3 is 12.3 Å². The zero-order valence-electron chi connectivity index (χ0n) is 11.6. The van der Waals surface area contributed by atoms with Crippen molar-refractivity contribution in [2.75, 3.05) is 0 Å². The Morgan fingerprint density at radius 2 is 1.59 bits per heavy atom. The molecule has 2 aromatic carbocycles. The molecule has 0 atom stereocenters. The number of carbonyl (C=O) groups is 1. The van der Waals surface area contributed by atoms with E-state index in [1.54, 1.807) is 0 Å². The topological polar surface area (TPSA) is 38.3 Å². The van der Waals surface area contributed by atoms with Crippen LogP contribution < -0.4 is 5.32 Å². The van der Waals surface area contributed by atoms with Gasteiger partial charge in [0.25, 0.3) is 0 Å². The molecule has 0 unspecified atom stereocenters. The van der Waals surface area contributed by atoms with E-state index in [0.717, 1.165) is 17.7 Å². The van der Waals surface area contributed by atoms with E-state index >= 15 is 0 Å². The van der Waals surface area contributed by atoms with Crippen molar-refractivity contribution in [2.45, 2.75) is 19.3 Å². The predicted molar refractivity (Wildman–Crippen MR) is 74.9 cm³/mol. The van der Waals surface area contributed by atoms with Crippen LogP contribution in [0.15, 0.2) is 54.6 Å². The SMILES string of the molecule is O=C(NCc1ccccc1)OCc1ccc(C(F)(F)F)cc1. The quantitative estimate of drug-likeness (QED) is 0.922. The number of rotatable bonds is 4. The molecule has 1 amide bonds. The summed E-state index contributed by atoms with van der Waals surface area (Å²) in [7, 11) is 0. The van der Waals surface area contributed by atoms with Gasteiger partial charge in [0.2, 0.25) is 0 Å². The molecule has 22 heavy (non-hydrogen) atoms. The highest BCUT2D eigenvalue weighted by molar-refractivity contribution is 5.67. The van der Waals surface area contributed by atoms with Crippen molar-refractivity contribution >= 4 is 6.09 Å². The predicted octanol–water partition coefficient (Wildman–Crippen LogP) is 4.13. The Morgan fingerprint density at radius 3 is 2.18 bits per heavy atom. The van der Waals surface area contributed by atoms with Crippen LogP contribution in [0, 0.1) is 0 Å². The number of amides is 1. The van der Waals surface area contributed by atoms with Gasteiger partial charge < -0.3 is 10.1 Å². The molecule has 0 spiro atoms. The summed E-state index contributed by atoms with van der Waals surface area (Å²) < 4.78 is 42.1. The lowest BCUT2D eigenvalue weighted by molar-refractivity contribution is -0.137. The minimum absolute atomic E-state index is 0.0846. The van der Waals surface area contributed by atoms with Crippen LogP contribution in [0.4, 0.5) is 18.0 Å². The molecule has 6 heteroatoms. The zero-order chi connectivity index (χ0) is 16.0. The number of hydrogen-bond acceptors (Lipinski definition) is 2. The van der Waals surface area contributed by atoms with Crippen LogP contribution in [-0.2, 0) is 24.1 Å². The maximum Gasteiger partial charge on any atom is 0.416 e. The molecule has 0 aliphatic rings. The Morgan fingerprint density at radius 1 is 0.955 bits per heavy atom. The summed E-state index contributed by atoms with van der Waals surface area (Å²) in [4.78, 5) is 11.5. The minimum atomic E-state index is -4.37. The van der Waals surface area contributed by atoms with Gasteiger partial charge in [-0.1, -0.05) is 42.5 Å². The van der Waals surface area contributed by atoms with Gasteiger partial charge in [-0.3, -0.25) is 0 Å². The number of ether oxygens (including phenoxy) is 1. The molecule has 0 saturated carbocycles. The number of halogens is 3. The zero-order valence-corrected chi connectivity index (χ0v) is 11.6. The highest BCUT2D eigenvalue weighted by Crippen LogP contribution is 2.29. The van der Waals surface area contributed by atoms with Crippen LogP contribution in [-0.4, -0.2) is 6.09 Å². The van der Waals surface area contributed by atoms with E-state index in [0.29, 0.717) is 12.1 Å². The van der Waals surface area contributed by atoms with Gasteiger partial charge in [-0.05, 0) is 23.3 Å². The Balaban J connectivity index is 1.79. The molecule has 0 fully saturated rings. The Bertz CT molecular complexity index is 610. The molecule has 0 bridgehead atoms. The molecule has 1 N–H and O–H groups in total. The molecule has 0 radical (unpaired) electrons. The number of nitrogens with one attached hydrogen (secondary N) is 1. The summed E-state index contributed by atoms with van der Waals surface area (Å²) in [5.41, 5.74) is 0.682. The summed E-state index contributed by atoms with van der Waals surface area (Å²) in [6.45, 7) is 0.242. The van der Waals surface area contributed by atoms with Gasteiger partial charge in [0.1, 0.15) is 6.61 Å². The van der Waals surface area contributed by atoms with E-state index in [2.05, 4.69) is 5.32 Å². The molecule has 0 aliphatic carbocycles. The Labute approximate surface area is 125 Å². The molecule has 0 saturated heterocycles. The molecular weight excluding hydrogens is 295 g/mol. The maximum atomic E-state index is 12.4.